The molecule has 0 radical (unpaired) electrons. The largest absolute Gasteiger partial charge is 0.285 e. The quantitative estimate of drug-likeness (QED) is 0.545. The van der Waals surface area contributed by atoms with Crippen LogP contribution in [-0.4, -0.2) is 29.8 Å². The zero-order valence-corrected chi connectivity index (χ0v) is 9.28. The third-order valence-electron chi connectivity index (χ3n) is 2.86. The number of aromatic nitrogens is 6. The molecule has 0 saturated heterocycles. The number of H-pyrrole nitrogens is 1. The molecule has 1 N–H and O–H groups in total. The molecule has 6 nitrogen and oxygen atoms in total. The van der Waals surface area contributed by atoms with E-state index in [1.165, 1.54) is 0 Å². The molecular weight excluding hydrogens is 228 g/mol. The van der Waals surface area contributed by atoms with Crippen LogP contribution >= 0.6 is 0 Å². The maximum atomic E-state index is 4.35. The van der Waals surface area contributed by atoms with Crippen molar-refractivity contribution in [1.29, 1.82) is 0 Å². The van der Waals surface area contributed by atoms with E-state index in [2.05, 4.69) is 25.4 Å². The number of rotatable bonds is 1. The summed E-state index contributed by atoms with van der Waals surface area (Å²) in [5.74, 6) is 0.713. The molecule has 6 heteroatoms. The molecule has 18 heavy (non-hydrogen) atoms. The number of fused-ring (bicyclic) bond motifs is 3. The van der Waals surface area contributed by atoms with E-state index in [0.29, 0.717) is 11.5 Å². The summed E-state index contributed by atoms with van der Waals surface area (Å²) in [6.07, 6.45) is 3.48. The van der Waals surface area contributed by atoms with E-state index in [-0.39, 0.29) is 0 Å². The second kappa shape index (κ2) is 3.36. The van der Waals surface area contributed by atoms with Gasteiger partial charge in [-0.1, -0.05) is 12.1 Å². The average Bonchev–Trinajstić information content (AvgIpc) is 3.07. The molecule has 0 fully saturated rings. The number of aromatic amines is 1. The molecule has 86 valence electrons. The Kier molecular flexibility index (Phi) is 1.74. The highest BCUT2D eigenvalue weighted by Gasteiger charge is 2.12. The van der Waals surface area contributed by atoms with E-state index in [1.54, 1.807) is 12.4 Å². The Morgan fingerprint density at radius 2 is 2.00 bits per heavy atom. The summed E-state index contributed by atoms with van der Waals surface area (Å²) >= 11 is 0. The van der Waals surface area contributed by atoms with Crippen molar-refractivity contribution in [1.82, 2.24) is 29.8 Å². The van der Waals surface area contributed by atoms with Gasteiger partial charge in [-0.25, -0.2) is 0 Å². The van der Waals surface area contributed by atoms with Gasteiger partial charge in [-0.2, -0.15) is 5.10 Å². The Morgan fingerprint density at radius 3 is 2.89 bits per heavy atom. The van der Waals surface area contributed by atoms with Crippen molar-refractivity contribution in [3.63, 3.8) is 0 Å². The lowest BCUT2D eigenvalue weighted by molar-refractivity contribution is 1.05. The molecule has 3 aromatic heterocycles. The topological polar surface area (TPSA) is 71.8 Å². The van der Waals surface area contributed by atoms with Crippen LogP contribution in [0, 0.1) is 0 Å². The summed E-state index contributed by atoms with van der Waals surface area (Å²) in [5.41, 5.74) is 3.35. The zero-order valence-electron chi connectivity index (χ0n) is 9.28. The van der Waals surface area contributed by atoms with E-state index in [4.69, 9.17) is 0 Å². The van der Waals surface area contributed by atoms with Crippen molar-refractivity contribution in [2.24, 2.45) is 0 Å². The van der Waals surface area contributed by atoms with Crippen molar-refractivity contribution in [3.8, 4) is 11.5 Å². The highest BCUT2D eigenvalue weighted by molar-refractivity contribution is 5.79. The summed E-state index contributed by atoms with van der Waals surface area (Å²) < 4.78 is 1.96. The number of benzene rings is 1. The Bertz CT molecular complexity index is 830. The third kappa shape index (κ3) is 1.17. The van der Waals surface area contributed by atoms with Crippen molar-refractivity contribution >= 4 is 16.7 Å². The highest BCUT2D eigenvalue weighted by Crippen LogP contribution is 2.20. The SMILES string of the molecule is c1ccc2c(c1)ncc1nnc(-c3cc[nH]n3)n12. The fourth-order valence-corrected chi connectivity index (χ4v) is 2.06. The first-order chi connectivity index (χ1) is 8.93. The Balaban J connectivity index is 2.19. The highest BCUT2D eigenvalue weighted by atomic mass is 15.3. The van der Waals surface area contributed by atoms with Gasteiger partial charge in [0.2, 0.25) is 0 Å². The van der Waals surface area contributed by atoms with Gasteiger partial charge >= 0.3 is 0 Å². The minimum Gasteiger partial charge on any atom is -0.285 e. The first-order valence-corrected chi connectivity index (χ1v) is 5.52. The Morgan fingerprint density at radius 1 is 1.06 bits per heavy atom. The molecule has 0 bridgehead atoms. The maximum absolute atomic E-state index is 4.35. The first kappa shape index (κ1) is 9.29. The van der Waals surface area contributed by atoms with Crippen molar-refractivity contribution in [3.05, 3.63) is 42.7 Å². The standard InChI is InChI=1S/C12H8N6/c1-2-4-10-8(3-1)13-7-11-16-17-12(18(10)11)9-5-6-14-15-9/h1-7H,(H,14,15). The van der Waals surface area contributed by atoms with Crippen LogP contribution in [0.4, 0.5) is 0 Å². The average molecular weight is 236 g/mol. The lowest BCUT2D eigenvalue weighted by Crippen LogP contribution is -1.94. The Labute approximate surface area is 101 Å². The fraction of sp³-hybridized carbons (Fsp3) is 0. The summed E-state index contributed by atoms with van der Waals surface area (Å²) in [5, 5.41) is 15.2. The Hall–Kier alpha value is -2.76. The molecule has 4 rings (SSSR count). The smallest absolute Gasteiger partial charge is 0.189 e. The van der Waals surface area contributed by atoms with Gasteiger partial charge in [-0.3, -0.25) is 14.5 Å². The van der Waals surface area contributed by atoms with Gasteiger partial charge in [-0.05, 0) is 18.2 Å². The van der Waals surface area contributed by atoms with Crippen LogP contribution in [0.15, 0.2) is 42.7 Å². The van der Waals surface area contributed by atoms with Crippen molar-refractivity contribution < 1.29 is 0 Å². The lowest BCUT2D eigenvalue weighted by Gasteiger charge is -2.01. The molecule has 0 aliphatic rings. The molecular formula is C12H8N6. The normalized spacial score (nSPS) is 11.3. The van der Waals surface area contributed by atoms with Gasteiger partial charge in [0.1, 0.15) is 5.69 Å². The fourth-order valence-electron chi connectivity index (χ4n) is 2.06. The number of nitrogens with one attached hydrogen (secondary N) is 1. The molecule has 0 aliphatic carbocycles. The number of hydrogen-bond acceptors (Lipinski definition) is 4. The van der Waals surface area contributed by atoms with Gasteiger partial charge < -0.3 is 0 Å². The predicted molar refractivity (Wildman–Crippen MR) is 65.9 cm³/mol. The van der Waals surface area contributed by atoms with Crippen molar-refractivity contribution in [2.75, 3.05) is 0 Å². The molecule has 0 atom stereocenters. The van der Waals surface area contributed by atoms with Gasteiger partial charge in [0, 0.05) is 6.20 Å². The van der Waals surface area contributed by atoms with Crippen LogP contribution in [0.5, 0.6) is 0 Å². The molecule has 1 aromatic carbocycles. The number of hydrogen-bond donors (Lipinski definition) is 1. The van der Waals surface area contributed by atoms with Crippen LogP contribution in [0.2, 0.25) is 0 Å². The molecule has 4 aromatic rings. The summed E-state index contributed by atoms with van der Waals surface area (Å²) in [6, 6.07) is 9.75. The monoisotopic (exact) mass is 236 g/mol. The van der Waals surface area contributed by atoms with Crippen LogP contribution in [0.25, 0.3) is 28.2 Å². The number of para-hydroxylation sites is 2. The molecule has 0 spiro atoms. The minimum atomic E-state index is 0.713. The molecule has 3 heterocycles. The number of nitrogens with zero attached hydrogens (tertiary/aromatic N) is 5. The van der Waals surface area contributed by atoms with E-state index in [1.807, 2.05) is 34.7 Å². The van der Waals surface area contributed by atoms with Gasteiger partial charge in [0.25, 0.3) is 0 Å². The molecule has 0 amide bonds. The van der Waals surface area contributed by atoms with E-state index in [0.717, 1.165) is 16.7 Å². The van der Waals surface area contributed by atoms with E-state index < -0.39 is 0 Å². The second-order valence-electron chi connectivity index (χ2n) is 3.92. The maximum Gasteiger partial charge on any atom is 0.189 e. The minimum absolute atomic E-state index is 0.713. The summed E-state index contributed by atoms with van der Waals surface area (Å²) in [6.45, 7) is 0. The lowest BCUT2D eigenvalue weighted by atomic mass is 10.3. The third-order valence-corrected chi connectivity index (χ3v) is 2.86. The van der Waals surface area contributed by atoms with E-state index in [9.17, 15) is 0 Å². The molecule has 0 unspecified atom stereocenters. The van der Waals surface area contributed by atoms with Crippen LogP contribution < -0.4 is 0 Å². The summed E-state index contributed by atoms with van der Waals surface area (Å²) in [4.78, 5) is 4.35. The second-order valence-corrected chi connectivity index (χ2v) is 3.92. The first-order valence-electron chi connectivity index (χ1n) is 5.52. The van der Waals surface area contributed by atoms with Crippen LogP contribution in [0.1, 0.15) is 0 Å². The van der Waals surface area contributed by atoms with Gasteiger partial charge in [-0.15, -0.1) is 10.2 Å². The molecule has 0 saturated carbocycles. The zero-order chi connectivity index (χ0) is 11.9. The van der Waals surface area contributed by atoms with E-state index >= 15 is 0 Å². The summed E-state index contributed by atoms with van der Waals surface area (Å²) in [7, 11) is 0. The van der Waals surface area contributed by atoms with Gasteiger partial charge in [0.05, 0.1) is 17.2 Å². The van der Waals surface area contributed by atoms with Crippen molar-refractivity contribution in [2.45, 2.75) is 0 Å². The van der Waals surface area contributed by atoms with Gasteiger partial charge in [0.15, 0.2) is 11.5 Å². The van der Waals surface area contributed by atoms with Crippen LogP contribution in [0.3, 0.4) is 0 Å². The molecule has 0 aliphatic heterocycles. The van der Waals surface area contributed by atoms with Crippen LogP contribution in [-0.2, 0) is 0 Å². The predicted octanol–water partition coefficient (Wildman–Crippen LogP) is 1.67.